The maximum Gasteiger partial charge on any atom is 0.160 e. The van der Waals surface area contributed by atoms with E-state index in [1.807, 2.05) is 36.4 Å². The highest BCUT2D eigenvalue weighted by atomic mass is 16.3. The maximum atomic E-state index is 9.65. The lowest BCUT2D eigenvalue weighted by molar-refractivity contribution is 0.475. The van der Waals surface area contributed by atoms with E-state index in [-0.39, 0.29) is 5.75 Å². The molecule has 0 aliphatic rings. The Bertz CT molecular complexity index is 790. The van der Waals surface area contributed by atoms with Crippen LogP contribution in [0.4, 0.5) is 5.69 Å². The first kappa shape index (κ1) is 15.0. The molecule has 5 nitrogen and oxygen atoms in total. The van der Waals surface area contributed by atoms with Gasteiger partial charge >= 0.3 is 0 Å². The maximum absolute atomic E-state index is 9.65. The molecule has 23 heavy (non-hydrogen) atoms. The number of rotatable bonds is 5. The number of phenolic OH excluding ortho intramolecular Hbond substituents is 1. The molecule has 3 rings (SSSR count). The third-order valence-corrected chi connectivity index (χ3v) is 3.40. The van der Waals surface area contributed by atoms with E-state index in [4.69, 9.17) is 5.73 Å². The van der Waals surface area contributed by atoms with Crippen molar-refractivity contribution in [3.63, 3.8) is 0 Å². The van der Waals surface area contributed by atoms with Crippen molar-refractivity contribution in [3.8, 4) is 28.4 Å². The summed E-state index contributed by atoms with van der Waals surface area (Å²) in [5.74, 6) is 0.760. The zero-order valence-electron chi connectivity index (χ0n) is 12.6. The van der Waals surface area contributed by atoms with Gasteiger partial charge in [-0.05, 0) is 12.1 Å². The molecule has 0 saturated carbocycles. The van der Waals surface area contributed by atoms with Gasteiger partial charge in [0, 0.05) is 24.2 Å². The van der Waals surface area contributed by atoms with Crippen LogP contribution in [0.2, 0.25) is 0 Å². The molecule has 116 valence electrons. The van der Waals surface area contributed by atoms with Crippen LogP contribution in [-0.4, -0.2) is 28.2 Å². The van der Waals surface area contributed by atoms with E-state index in [1.165, 1.54) is 0 Å². The zero-order valence-corrected chi connectivity index (χ0v) is 12.6. The normalized spacial score (nSPS) is 10.5. The molecule has 0 saturated heterocycles. The van der Waals surface area contributed by atoms with Gasteiger partial charge < -0.3 is 16.2 Å². The minimum Gasteiger partial charge on any atom is -0.508 e. The van der Waals surface area contributed by atoms with Gasteiger partial charge in [-0.25, -0.2) is 9.97 Å². The Hall–Kier alpha value is -2.92. The number of nitrogens with two attached hydrogens (primary N) is 1. The number of phenols is 1. The Morgan fingerprint density at radius 2 is 1.78 bits per heavy atom. The number of hydrogen-bond acceptors (Lipinski definition) is 5. The summed E-state index contributed by atoms with van der Waals surface area (Å²) in [7, 11) is 0. The highest BCUT2D eigenvalue weighted by molar-refractivity contribution is 5.75. The molecule has 2 aromatic carbocycles. The molecule has 0 spiro atoms. The van der Waals surface area contributed by atoms with E-state index in [2.05, 4.69) is 15.3 Å². The minimum atomic E-state index is 0.192. The van der Waals surface area contributed by atoms with Gasteiger partial charge in [-0.2, -0.15) is 0 Å². The summed E-state index contributed by atoms with van der Waals surface area (Å²) < 4.78 is 0. The minimum absolute atomic E-state index is 0.192. The van der Waals surface area contributed by atoms with E-state index in [1.54, 1.807) is 24.4 Å². The fourth-order valence-electron chi connectivity index (χ4n) is 2.32. The zero-order chi connectivity index (χ0) is 16.1. The molecule has 0 fully saturated rings. The number of anilines is 1. The van der Waals surface area contributed by atoms with Crippen molar-refractivity contribution in [3.05, 3.63) is 60.8 Å². The summed E-state index contributed by atoms with van der Waals surface area (Å²) in [5, 5.41) is 12.9. The average Bonchev–Trinajstić information content (AvgIpc) is 2.60. The van der Waals surface area contributed by atoms with E-state index in [9.17, 15) is 5.11 Å². The fraction of sp³-hybridized carbons (Fsp3) is 0.111. The Labute approximate surface area is 134 Å². The van der Waals surface area contributed by atoms with Gasteiger partial charge in [-0.1, -0.05) is 42.5 Å². The molecule has 1 heterocycles. The van der Waals surface area contributed by atoms with Gasteiger partial charge in [0.25, 0.3) is 0 Å². The van der Waals surface area contributed by atoms with Crippen molar-refractivity contribution in [1.29, 1.82) is 0 Å². The molecule has 3 aromatic rings. The van der Waals surface area contributed by atoms with E-state index < -0.39 is 0 Å². The lowest BCUT2D eigenvalue weighted by Gasteiger charge is -2.12. The first-order valence-corrected chi connectivity index (χ1v) is 7.44. The SMILES string of the molecule is NCCNc1cnc(-c2cccc(O)c2)nc1-c1ccccc1. The fourth-order valence-corrected chi connectivity index (χ4v) is 2.32. The monoisotopic (exact) mass is 306 g/mol. The summed E-state index contributed by atoms with van der Waals surface area (Å²) in [4.78, 5) is 9.09. The molecule has 0 radical (unpaired) electrons. The van der Waals surface area contributed by atoms with Gasteiger partial charge in [0.2, 0.25) is 0 Å². The van der Waals surface area contributed by atoms with Crippen LogP contribution in [0.15, 0.2) is 60.8 Å². The number of aromatic hydroxyl groups is 1. The second kappa shape index (κ2) is 6.89. The Kier molecular flexibility index (Phi) is 4.49. The van der Waals surface area contributed by atoms with Crippen LogP contribution in [0.1, 0.15) is 0 Å². The Morgan fingerprint density at radius 3 is 2.52 bits per heavy atom. The number of nitrogens with one attached hydrogen (secondary N) is 1. The molecule has 0 aliphatic heterocycles. The van der Waals surface area contributed by atoms with Gasteiger partial charge in [-0.15, -0.1) is 0 Å². The van der Waals surface area contributed by atoms with Gasteiger partial charge in [0.05, 0.1) is 17.6 Å². The van der Waals surface area contributed by atoms with Gasteiger partial charge in [0.1, 0.15) is 5.75 Å². The molecular weight excluding hydrogens is 288 g/mol. The molecule has 0 unspecified atom stereocenters. The van der Waals surface area contributed by atoms with Crippen LogP contribution in [-0.2, 0) is 0 Å². The van der Waals surface area contributed by atoms with Crippen molar-refractivity contribution in [2.75, 3.05) is 18.4 Å². The molecule has 0 amide bonds. The second-order valence-corrected chi connectivity index (χ2v) is 5.09. The van der Waals surface area contributed by atoms with Gasteiger partial charge in [0.15, 0.2) is 5.82 Å². The topological polar surface area (TPSA) is 84.1 Å². The lowest BCUT2D eigenvalue weighted by Crippen LogP contribution is -2.14. The summed E-state index contributed by atoms with van der Waals surface area (Å²) in [6.45, 7) is 1.18. The van der Waals surface area contributed by atoms with Crippen molar-refractivity contribution in [1.82, 2.24) is 9.97 Å². The van der Waals surface area contributed by atoms with Gasteiger partial charge in [-0.3, -0.25) is 0 Å². The highest BCUT2D eigenvalue weighted by Gasteiger charge is 2.11. The molecule has 0 atom stereocenters. The van der Waals surface area contributed by atoms with E-state index in [0.29, 0.717) is 18.9 Å². The van der Waals surface area contributed by atoms with Crippen LogP contribution in [0.5, 0.6) is 5.75 Å². The summed E-state index contributed by atoms with van der Waals surface area (Å²) >= 11 is 0. The van der Waals surface area contributed by atoms with E-state index in [0.717, 1.165) is 22.5 Å². The van der Waals surface area contributed by atoms with Crippen molar-refractivity contribution in [2.24, 2.45) is 5.73 Å². The first-order valence-electron chi connectivity index (χ1n) is 7.44. The largest absolute Gasteiger partial charge is 0.508 e. The average molecular weight is 306 g/mol. The molecule has 0 aliphatic carbocycles. The van der Waals surface area contributed by atoms with Crippen molar-refractivity contribution >= 4 is 5.69 Å². The smallest absolute Gasteiger partial charge is 0.160 e. The standard InChI is InChI=1S/C18H18N4O/c19-9-10-20-16-12-21-18(14-7-4-8-15(23)11-14)22-17(16)13-5-2-1-3-6-13/h1-8,11-12,20,23H,9-10,19H2. The number of aromatic nitrogens is 2. The van der Waals surface area contributed by atoms with E-state index >= 15 is 0 Å². The molecule has 5 heteroatoms. The molecule has 1 aromatic heterocycles. The van der Waals surface area contributed by atoms with Crippen LogP contribution in [0, 0.1) is 0 Å². The summed E-state index contributed by atoms with van der Waals surface area (Å²) in [6, 6.07) is 16.8. The molecule has 0 bridgehead atoms. The van der Waals surface area contributed by atoms with Crippen molar-refractivity contribution in [2.45, 2.75) is 0 Å². The predicted molar refractivity (Wildman–Crippen MR) is 92.1 cm³/mol. The number of hydrogen-bond donors (Lipinski definition) is 3. The third kappa shape index (κ3) is 3.46. The highest BCUT2D eigenvalue weighted by Crippen LogP contribution is 2.28. The van der Waals surface area contributed by atoms with Crippen LogP contribution >= 0.6 is 0 Å². The third-order valence-electron chi connectivity index (χ3n) is 3.40. The van der Waals surface area contributed by atoms with Crippen LogP contribution in [0.25, 0.3) is 22.6 Å². The second-order valence-electron chi connectivity index (χ2n) is 5.09. The first-order chi connectivity index (χ1) is 11.3. The van der Waals surface area contributed by atoms with Crippen molar-refractivity contribution < 1.29 is 5.11 Å². The number of benzene rings is 2. The quantitative estimate of drug-likeness (QED) is 0.675. The molecule has 4 N–H and O–H groups in total. The Balaban J connectivity index is 2.07. The summed E-state index contributed by atoms with van der Waals surface area (Å²) in [5.41, 5.74) is 8.99. The predicted octanol–water partition coefficient (Wildman–Crippen LogP) is 2.89. The van der Waals surface area contributed by atoms with Crippen LogP contribution in [0.3, 0.4) is 0 Å². The van der Waals surface area contributed by atoms with Crippen LogP contribution < -0.4 is 11.1 Å². The Morgan fingerprint density at radius 1 is 1.00 bits per heavy atom. The lowest BCUT2D eigenvalue weighted by atomic mass is 10.1. The summed E-state index contributed by atoms with van der Waals surface area (Å²) in [6.07, 6.45) is 1.75. The molecular formula is C18H18N4O. The number of nitrogens with zero attached hydrogens (tertiary/aromatic N) is 2.